The number of aliphatic hydroxyl groups excluding tert-OH is 15. The maximum absolute atomic E-state index is 14.9. The monoisotopic (exact) mass is 1240 g/mol. The molecule has 9 fully saturated rings. The van der Waals surface area contributed by atoms with E-state index in [-0.39, 0.29) is 30.1 Å². The van der Waals surface area contributed by atoms with Crippen LogP contribution in [0.2, 0.25) is 0 Å². The van der Waals surface area contributed by atoms with Gasteiger partial charge in [0.05, 0.1) is 38.6 Å². The molecule has 0 unspecified atom stereocenters. The Bertz CT molecular complexity index is 2450. The van der Waals surface area contributed by atoms with Gasteiger partial charge in [-0.1, -0.05) is 60.1 Å². The summed E-state index contributed by atoms with van der Waals surface area (Å²) in [6.45, 7) is 12.2. The Kier molecular flexibility index (Phi) is 18.8. The van der Waals surface area contributed by atoms with Gasteiger partial charge in [0, 0.05) is 0 Å². The third kappa shape index (κ3) is 10.9. The highest BCUT2D eigenvalue weighted by Crippen LogP contribution is 2.76. The van der Waals surface area contributed by atoms with Gasteiger partial charge in [0.15, 0.2) is 31.3 Å². The van der Waals surface area contributed by atoms with Crippen molar-refractivity contribution in [2.24, 2.45) is 50.2 Å². The molecule has 10 aliphatic rings. The maximum Gasteiger partial charge on any atom is 0.335 e. The van der Waals surface area contributed by atoms with Crippen LogP contribution in [0.25, 0.3) is 0 Å². The lowest BCUT2D eigenvalue weighted by Crippen LogP contribution is -2.69. The maximum atomic E-state index is 14.9. The lowest BCUT2D eigenvalue weighted by molar-refractivity contribution is -0.399. The molecular weight excluding hydrogens is 1140 g/mol. The summed E-state index contributed by atoms with van der Waals surface area (Å²) >= 11 is 0. The molecule has 5 heterocycles. The van der Waals surface area contributed by atoms with Gasteiger partial charge in [-0.25, -0.2) is 4.79 Å². The van der Waals surface area contributed by atoms with Crippen LogP contribution in [0.15, 0.2) is 11.6 Å². The van der Waals surface area contributed by atoms with Crippen LogP contribution < -0.4 is 0 Å². The van der Waals surface area contributed by atoms with Crippen LogP contribution in [0, 0.1) is 50.2 Å². The lowest BCUT2D eigenvalue weighted by Gasteiger charge is -2.71. The summed E-state index contributed by atoms with van der Waals surface area (Å²) < 4.78 is 60.1. The average Bonchev–Trinajstić information content (AvgIpc) is 0.680. The summed E-state index contributed by atoms with van der Waals surface area (Å²) in [5.41, 5.74) is -3.11. The topological polar surface area (TPSA) is 450 Å². The van der Waals surface area contributed by atoms with Crippen LogP contribution >= 0.6 is 0 Å². The molecule has 0 bridgehead atoms. The van der Waals surface area contributed by atoms with Crippen molar-refractivity contribution in [2.75, 3.05) is 26.4 Å². The molecule has 0 aromatic heterocycles. The molecule has 5 aliphatic carbocycles. The van der Waals surface area contributed by atoms with Crippen molar-refractivity contribution in [2.45, 2.75) is 260 Å². The van der Waals surface area contributed by atoms with E-state index in [2.05, 4.69) is 40.7 Å². The second-order valence-electron chi connectivity index (χ2n) is 28.3. The summed E-state index contributed by atoms with van der Waals surface area (Å²) in [4.78, 5) is 28.0. The van der Waals surface area contributed by atoms with Gasteiger partial charge < -0.3 is 129 Å². The number of esters is 1. The van der Waals surface area contributed by atoms with E-state index in [9.17, 15) is 91.3 Å². The molecule has 16 N–H and O–H groups in total. The van der Waals surface area contributed by atoms with Gasteiger partial charge in [-0.05, 0) is 103 Å². The number of carboxylic acids is 1. The van der Waals surface area contributed by atoms with Crippen molar-refractivity contribution in [3.63, 3.8) is 0 Å². The minimum Gasteiger partial charge on any atom is -0.479 e. The van der Waals surface area contributed by atoms with Crippen LogP contribution in [0.1, 0.15) is 106 Å². The minimum atomic E-state index is -2.22. The Labute approximate surface area is 497 Å². The number of allylic oxidation sites excluding steroid dienone is 2. The fourth-order valence-corrected chi connectivity index (χ4v) is 17.5. The zero-order valence-corrected chi connectivity index (χ0v) is 49.5. The Morgan fingerprint density at radius 2 is 1.12 bits per heavy atom. The first-order valence-corrected chi connectivity index (χ1v) is 30.2. The molecule has 0 spiro atoms. The van der Waals surface area contributed by atoms with E-state index in [1.165, 1.54) is 0 Å². The largest absolute Gasteiger partial charge is 0.479 e. The van der Waals surface area contributed by atoms with Crippen LogP contribution in [0.5, 0.6) is 0 Å². The highest BCUT2D eigenvalue weighted by Gasteiger charge is 2.72. The van der Waals surface area contributed by atoms with Crippen molar-refractivity contribution in [3.05, 3.63) is 11.6 Å². The second kappa shape index (κ2) is 24.3. The molecule has 10 rings (SSSR count). The quantitative estimate of drug-likeness (QED) is 0.0477. The fraction of sp³-hybridized carbons (Fsp3) is 0.931. The number of carbonyl (C=O) groups is 2. The first kappa shape index (κ1) is 66.6. The Balaban J connectivity index is 0.947. The fourth-order valence-electron chi connectivity index (χ4n) is 17.5. The summed E-state index contributed by atoms with van der Waals surface area (Å²) in [6.07, 6.45) is -37.7. The van der Waals surface area contributed by atoms with E-state index in [1.54, 1.807) is 0 Å². The van der Waals surface area contributed by atoms with Crippen molar-refractivity contribution < 1.29 is 139 Å². The molecule has 28 heteroatoms. The number of fused-ring (bicyclic) bond motifs is 7. The Morgan fingerprint density at radius 3 is 1.74 bits per heavy atom. The van der Waals surface area contributed by atoms with Crippen molar-refractivity contribution in [3.8, 4) is 0 Å². The predicted octanol–water partition coefficient (Wildman–Crippen LogP) is -3.87. The van der Waals surface area contributed by atoms with Gasteiger partial charge in [-0.15, -0.1) is 0 Å². The van der Waals surface area contributed by atoms with E-state index in [0.717, 1.165) is 5.57 Å². The summed E-state index contributed by atoms with van der Waals surface area (Å²) in [5.74, 6) is -3.17. The number of rotatable bonds is 13. The third-order valence-electron chi connectivity index (χ3n) is 22.7. The van der Waals surface area contributed by atoms with Gasteiger partial charge in [-0.3, -0.25) is 4.79 Å². The number of carboxylic acid groups (broad SMARTS) is 1. The standard InChI is InChI=1S/C58H92O28/c1-53(2)14-15-58(52(76)86-49-40(72)37(69)35(67)27(19-60)80-49)23(16-53)22-8-9-29-55(5)12-11-31(54(3,4)28(55)10-13-56(29,6)57(22,7)17-30(58)63)81-51-45(85-48-39(71)36(68)34(66)26(18-59)79-48)42(41(73)43(83-51)46(74)75)82-50-44(33(65)25(62)21-78-50)84-47-38(70)32(64)24(61)20-77-47/h8,23-45,47-51,59-73H,9-21H2,1-7H3,(H,74,75)/t23-,24-,25+,26-,27-,28+,29-,30-,31+,32+,33+,34-,35-,36+,37+,38-,39-,40-,41+,42+,43+,44-,45-,47+,48+,49+,50+,51-,55+,56-,57-,58-/m1/s1. The zero-order chi connectivity index (χ0) is 62.9. The van der Waals surface area contributed by atoms with E-state index in [4.69, 9.17) is 47.4 Å². The Morgan fingerprint density at radius 1 is 0.547 bits per heavy atom. The molecule has 5 aliphatic heterocycles. The number of ether oxygens (including phenoxy) is 10. The molecule has 492 valence electrons. The van der Waals surface area contributed by atoms with Gasteiger partial charge in [0.1, 0.15) is 109 Å². The van der Waals surface area contributed by atoms with Crippen molar-refractivity contribution in [1.82, 2.24) is 0 Å². The second-order valence-corrected chi connectivity index (χ2v) is 28.3. The molecular formula is C58H92O28. The smallest absolute Gasteiger partial charge is 0.335 e. The molecule has 0 radical (unpaired) electrons. The lowest BCUT2D eigenvalue weighted by atomic mass is 9.33. The molecule has 86 heavy (non-hydrogen) atoms. The molecule has 0 aromatic carbocycles. The van der Waals surface area contributed by atoms with Crippen LogP contribution in [0.3, 0.4) is 0 Å². The van der Waals surface area contributed by atoms with Crippen molar-refractivity contribution >= 4 is 11.9 Å². The van der Waals surface area contributed by atoms with Crippen LogP contribution in [0.4, 0.5) is 0 Å². The van der Waals surface area contributed by atoms with Crippen molar-refractivity contribution in [1.29, 1.82) is 0 Å². The van der Waals surface area contributed by atoms with Gasteiger partial charge in [-0.2, -0.15) is 0 Å². The summed E-state index contributed by atoms with van der Waals surface area (Å²) in [5, 5.41) is 174. The highest BCUT2D eigenvalue weighted by atomic mass is 16.8. The number of aliphatic carboxylic acids is 1. The third-order valence-corrected chi connectivity index (χ3v) is 22.7. The van der Waals surface area contributed by atoms with Gasteiger partial charge in [0.2, 0.25) is 6.29 Å². The number of hydrogen-bond donors (Lipinski definition) is 16. The summed E-state index contributed by atoms with van der Waals surface area (Å²) in [7, 11) is 0. The molecule has 0 amide bonds. The number of hydrogen-bond acceptors (Lipinski definition) is 27. The molecule has 28 nitrogen and oxygen atoms in total. The van der Waals surface area contributed by atoms with Gasteiger partial charge in [0.25, 0.3) is 0 Å². The summed E-state index contributed by atoms with van der Waals surface area (Å²) in [6, 6.07) is 0. The zero-order valence-electron chi connectivity index (χ0n) is 49.5. The highest BCUT2D eigenvalue weighted by molar-refractivity contribution is 5.80. The normalized spacial score (nSPS) is 53.6. The first-order valence-electron chi connectivity index (χ1n) is 30.2. The SMILES string of the molecule is CC1(C)CC[C@]2(C(=O)O[C@@H]3O[C@H](CO)[C@@H](O)[C@H](O)[C@H]3O)[C@H](O)C[C@]3(C)C(=CC[C@@H]4[C@@]5(C)CC[C@H](O[C@@H]6O[C@H](C(=O)O)[C@@H](O)[C@H](O[C@@H]7OC[C@H](O)[C@H](O)[C@H]7O[C@@H]7OC[C@@H](O)[C@H](O)[C@H]7O)[C@H]6O[C@@H]6O[C@H](CO)[C@@H](O)[C@H](O)[C@H]6O)C(C)(C)[C@@H]5CC[C@]43C)[C@H]2C1. The van der Waals surface area contributed by atoms with Crippen LogP contribution in [-0.4, -0.2) is 274 Å². The van der Waals surface area contributed by atoms with Gasteiger partial charge >= 0.3 is 11.9 Å². The Hall–Kier alpha value is -2.28. The molecule has 0 aromatic rings. The molecule has 4 saturated carbocycles. The minimum absolute atomic E-state index is 0.0226. The molecule has 32 atom stereocenters. The van der Waals surface area contributed by atoms with E-state index in [0.29, 0.717) is 44.9 Å². The van der Waals surface area contributed by atoms with E-state index in [1.807, 2.05) is 13.8 Å². The van der Waals surface area contributed by atoms with E-state index < -0.39 is 225 Å². The first-order chi connectivity index (χ1) is 40.2. The van der Waals surface area contributed by atoms with E-state index >= 15 is 0 Å². The predicted molar refractivity (Wildman–Crippen MR) is 285 cm³/mol. The number of aliphatic hydroxyl groups is 15. The number of carbonyl (C=O) groups excluding carboxylic acids is 1. The molecule has 5 saturated heterocycles. The average molecular weight is 1240 g/mol. The van der Waals surface area contributed by atoms with Crippen LogP contribution in [-0.2, 0) is 57.0 Å².